The number of imidazole rings is 1. The molecule has 0 aliphatic carbocycles. The highest BCUT2D eigenvalue weighted by Gasteiger charge is 2.18. The number of ether oxygens (including phenoxy) is 2. The second kappa shape index (κ2) is 9.12. The molecule has 0 saturated carbocycles. The van der Waals surface area contributed by atoms with E-state index in [-0.39, 0.29) is 12.1 Å². The third-order valence-electron chi connectivity index (χ3n) is 3.52. The quantitative estimate of drug-likeness (QED) is 0.702. The molecule has 1 aromatic heterocycles. The number of rotatable bonds is 6. The first kappa shape index (κ1) is 21.1. The third-order valence-corrected chi connectivity index (χ3v) is 3.52. The summed E-state index contributed by atoms with van der Waals surface area (Å²) in [6.07, 6.45) is 4.62. The normalized spacial score (nSPS) is 12.0. The van der Waals surface area contributed by atoms with E-state index in [2.05, 4.69) is 20.9 Å². The van der Waals surface area contributed by atoms with Crippen molar-refractivity contribution >= 4 is 23.5 Å². The van der Waals surface area contributed by atoms with Crippen LogP contribution in [0.2, 0.25) is 0 Å². The molecule has 152 valence electrons. The van der Waals surface area contributed by atoms with Crippen LogP contribution in [-0.4, -0.2) is 40.4 Å². The van der Waals surface area contributed by atoms with E-state index in [1.165, 1.54) is 7.11 Å². The standard InChI is InChI=1S/C19H27N5O4/c1-13(11-24-9-8-20-12-24)21-17(25)22-14-6-7-15(16(10-14)27-5)23-18(26)28-19(2,3)4/h6-10,12-13H,11H2,1-5H3,(H,23,26)(H2,21,22,25). The van der Waals surface area contributed by atoms with Crippen LogP contribution in [0.15, 0.2) is 36.9 Å². The average molecular weight is 389 g/mol. The van der Waals surface area contributed by atoms with Crippen molar-refractivity contribution in [3.8, 4) is 5.75 Å². The Bertz CT molecular complexity index is 799. The Kier molecular flexibility index (Phi) is 6.86. The van der Waals surface area contributed by atoms with Crippen LogP contribution in [0.5, 0.6) is 5.75 Å². The molecule has 1 heterocycles. The molecule has 2 rings (SSSR count). The van der Waals surface area contributed by atoms with E-state index in [0.29, 0.717) is 23.7 Å². The highest BCUT2D eigenvalue weighted by molar-refractivity contribution is 5.92. The third kappa shape index (κ3) is 6.82. The molecule has 1 aromatic carbocycles. The van der Waals surface area contributed by atoms with Crippen molar-refractivity contribution in [2.75, 3.05) is 17.7 Å². The number of hydrogen-bond donors (Lipinski definition) is 3. The molecule has 9 nitrogen and oxygen atoms in total. The van der Waals surface area contributed by atoms with Crippen LogP contribution in [0.4, 0.5) is 21.0 Å². The van der Waals surface area contributed by atoms with Crippen LogP contribution >= 0.6 is 0 Å². The fraction of sp³-hybridized carbons (Fsp3) is 0.421. The number of methoxy groups -OCH3 is 1. The Morgan fingerprint density at radius 3 is 2.61 bits per heavy atom. The number of amides is 3. The number of urea groups is 1. The van der Waals surface area contributed by atoms with E-state index >= 15 is 0 Å². The number of anilines is 2. The molecule has 2 aromatic rings. The lowest BCUT2D eigenvalue weighted by Crippen LogP contribution is -2.38. The molecule has 0 spiro atoms. The van der Waals surface area contributed by atoms with Crippen LogP contribution in [-0.2, 0) is 11.3 Å². The van der Waals surface area contributed by atoms with Gasteiger partial charge in [-0.3, -0.25) is 5.32 Å². The molecule has 0 aliphatic heterocycles. The Morgan fingerprint density at radius 1 is 1.25 bits per heavy atom. The van der Waals surface area contributed by atoms with Crippen molar-refractivity contribution in [1.29, 1.82) is 0 Å². The second-order valence-corrected chi connectivity index (χ2v) is 7.30. The topological polar surface area (TPSA) is 107 Å². The zero-order valence-corrected chi connectivity index (χ0v) is 16.8. The molecular formula is C19H27N5O4. The fourth-order valence-electron chi connectivity index (χ4n) is 2.43. The predicted molar refractivity (Wildman–Crippen MR) is 107 cm³/mol. The summed E-state index contributed by atoms with van der Waals surface area (Å²) in [6, 6.07) is 4.47. The van der Waals surface area contributed by atoms with Gasteiger partial charge in [-0.25, -0.2) is 14.6 Å². The molecule has 28 heavy (non-hydrogen) atoms. The first-order valence-corrected chi connectivity index (χ1v) is 8.87. The van der Waals surface area contributed by atoms with Gasteiger partial charge in [-0.05, 0) is 39.8 Å². The monoisotopic (exact) mass is 389 g/mol. The number of carbonyl (C=O) groups is 2. The maximum atomic E-state index is 12.2. The smallest absolute Gasteiger partial charge is 0.412 e. The average Bonchev–Trinajstić information content (AvgIpc) is 3.07. The molecule has 1 unspecified atom stereocenters. The van der Waals surface area contributed by atoms with Crippen molar-refractivity contribution in [1.82, 2.24) is 14.9 Å². The Balaban J connectivity index is 1.95. The number of aromatic nitrogens is 2. The maximum absolute atomic E-state index is 12.2. The summed E-state index contributed by atoms with van der Waals surface area (Å²) in [6.45, 7) is 7.85. The van der Waals surface area contributed by atoms with Gasteiger partial charge in [0.2, 0.25) is 0 Å². The largest absolute Gasteiger partial charge is 0.494 e. The number of nitrogens with zero attached hydrogens (tertiary/aromatic N) is 2. The lowest BCUT2D eigenvalue weighted by molar-refractivity contribution is 0.0635. The summed E-state index contributed by atoms with van der Waals surface area (Å²) < 4.78 is 12.4. The van der Waals surface area contributed by atoms with Gasteiger partial charge in [0.05, 0.1) is 19.1 Å². The van der Waals surface area contributed by atoms with E-state index in [0.717, 1.165) is 0 Å². The molecule has 0 aliphatic rings. The number of hydrogen-bond acceptors (Lipinski definition) is 5. The summed E-state index contributed by atoms with van der Waals surface area (Å²) in [5, 5.41) is 8.23. The van der Waals surface area contributed by atoms with E-state index in [1.54, 1.807) is 51.5 Å². The van der Waals surface area contributed by atoms with Crippen molar-refractivity contribution in [2.45, 2.75) is 45.9 Å². The van der Waals surface area contributed by atoms with E-state index in [9.17, 15) is 9.59 Å². The Hall–Kier alpha value is -3.23. The predicted octanol–water partition coefficient (Wildman–Crippen LogP) is 3.45. The van der Waals surface area contributed by atoms with Crippen LogP contribution in [0.25, 0.3) is 0 Å². The lowest BCUT2D eigenvalue weighted by Gasteiger charge is -2.20. The minimum atomic E-state index is -0.607. The van der Waals surface area contributed by atoms with Crippen LogP contribution in [0.1, 0.15) is 27.7 Å². The lowest BCUT2D eigenvalue weighted by atomic mass is 10.2. The molecule has 0 bridgehead atoms. The number of benzene rings is 1. The van der Waals surface area contributed by atoms with Gasteiger partial charge in [-0.1, -0.05) is 0 Å². The number of carbonyl (C=O) groups excluding carboxylic acids is 2. The van der Waals surface area contributed by atoms with Gasteiger partial charge in [0, 0.05) is 36.7 Å². The molecule has 0 fully saturated rings. The van der Waals surface area contributed by atoms with Gasteiger partial charge < -0.3 is 24.7 Å². The summed E-state index contributed by atoms with van der Waals surface area (Å²) in [7, 11) is 1.48. The first-order valence-electron chi connectivity index (χ1n) is 8.87. The van der Waals surface area contributed by atoms with Crippen LogP contribution < -0.4 is 20.7 Å². The highest BCUT2D eigenvalue weighted by atomic mass is 16.6. The van der Waals surface area contributed by atoms with Crippen LogP contribution in [0.3, 0.4) is 0 Å². The van der Waals surface area contributed by atoms with Gasteiger partial charge in [-0.15, -0.1) is 0 Å². The van der Waals surface area contributed by atoms with Gasteiger partial charge in [0.15, 0.2) is 0 Å². The first-order chi connectivity index (χ1) is 13.2. The molecular weight excluding hydrogens is 362 g/mol. The van der Waals surface area contributed by atoms with Crippen molar-refractivity contribution in [2.24, 2.45) is 0 Å². The minimum absolute atomic E-state index is 0.0933. The molecule has 3 amide bonds. The molecule has 3 N–H and O–H groups in total. The van der Waals surface area contributed by atoms with Gasteiger partial charge >= 0.3 is 12.1 Å². The Morgan fingerprint density at radius 2 is 2.00 bits per heavy atom. The van der Waals surface area contributed by atoms with Gasteiger partial charge in [-0.2, -0.15) is 0 Å². The zero-order valence-electron chi connectivity index (χ0n) is 16.8. The maximum Gasteiger partial charge on any atom is 0.412 e. The number of nitrogens with one attached hydrogen (secondary N) is 3. The molecule has 1 atom stereocenters. The SMILES string of the molecule is COc1cc(NC(=O)NC(C)Cn2ccnc2)ccc1NC(=O)OC(C)(C)C. The molecule has 9 heteroatoms. The summed E-state index contributed by atoms with van der Waals surface area (Å²) >= 11 is 0. The van der Waals surface area contributed by atoms with Crippen molar-refractivity contribution in [3.63, 3.8) is 0 Å². The molecule has 0 radical (unpaired) electrons. The fourth-order valence-corrected chi connectivity index (χ4v) is 2.43. The van der Waals surface area contributed by atoms with Crippen molar-refractivity contribution < 1.29 is 19.1 Å². The highest BCUT2D eigenvalue weighted by Crippen LogP contribution is 2.28. The van der Waals surface area contributed by atoms with Gasteiger partial charge in [0.25, 0.3) is 0 Å². The van der Waals surface area contributed by atoms with E-state index < -0.39 is 11.7 Å². The van der Waals surface area contributed by atoms with Crippen LogP contribution in [0, 0.1) is 0 Å². The molecule has 0 saturated heterocycles. The minimum Gasteiger partial charge on any atom is -0.494 e. The van der Waals surface area contributed by atoms with Gasteiger partial charge in [0.1, 0.15) is 11.4 Å². The zero-order chi connectivity index (χ0) is 20.7. The summed E-state index contributed by atoms with van der Waals surface area (Å²) in [5.41, 5.74) is 0.361. The Labute approximate surface area is 164 Å². The summed E-state index contributed by atoms with van der Waals surface area (Å²) in [4.78, 5) is 28.1. The van der Waals surface area contributed by atoms with E-state index in [1.807, 2.05) is 17.7 Å². The second-order valence-electron chi connectivity index (χ2n) is 7.30. The summed E-state index contributed by atoms with van der Waals surface area (Å²) in [5.74, 6) is 0.398. The van der Waals surface area contributed by atoms with Crippen molar-refractivity contribution in [3.05, 3.63) is 36.9 Å². The van der Waals surface area contributed by atoms with E-state index in [4.69, 9.17) is 9.47 Å².